The Bertz CT molecular complexity index is 426. The Kier molecular flexibility index (Phi) is 3.25. The van der Waals surface area contributed by atoms with Crippen molar-refractivity contribution in [3.63, 3.8) is 0 Å². The van der Waals surface area contributed by atoms with Crippen LogP contribution in [0.4, 0.5) is 5.69 Å². The summed E-state index contributed by atoms with van der Waals surface area (Å²) in [4.78, 5) is 6.99. The normalized spacial score (nSPS) is 23.7. The number of anilines is 1. The minimum absolute atomic E-state index is 0.761. The molecule has 1 atom stereocenters. The Morgan fingerprint density at radius 2 is 2.22 bits per heavy atom. The zero-order chi connectivity index (χ0) is 12.5. The fourth-order valence-corrected chi connectivity index (χ4v) is 2.70. The van der Waals surface area contributed by atoms with E-state index in [0.717, 1.165) is 24.2 Å². The Hall–Kier alpha value is -1.09. The molecule has 18 heavy (non-hydrogen) atoms. The Morgan fingerprint density at radius 3 is 2.89 bits per heavy atom. The molecule has 1 aliphatic heterocycles. The highest BCUT2D eigenvalue weighted by atomic mass is 15.2. The summed E-state index contributed by atoms with van der Waals surface area (Å²) in [5.41, 5.74) is 3.89. The third kappa shape index (κ3) is 2.66. The van der Waals surface area contributed by atoms with Crippen LogP contribution < -0.4 is 10.2 Å². The highest BCUT2D eigenvalue weighted by molar-refractivity contribution is 5.54. The van der Waals surface area contributed by atoms with E-state index >= 15 is 0 Å². The van der Waals surface area contributed by atoms with Crippen LogP contribution in [0, 0.1) is 12.8 Å². The SMILES string of the molecule is Cc1cc(N2CCC(C)C2)c(CNC2CC2)cn1. The van der Waals surface area contributed by atoms with Crippen molar-refractivity contribution in [2.45, 2.75) is 45.7 Å². The van der Waals surface area contributed by atoms with Gasteiger partial charge in [-0.05, 0) is 38.2 Å². The van der Waals surface area contributed by atoms with Gasteiger partial charge in [0.05, 0.1) is 0 Å². The first kappa shape index (κ1) is 12.0. The molecule has 3 nitrogen and oxygen atoms in total. The standard InChI is InChI=1S/C15H23N3/c1-11-5-6-18(10-11)15-7-12(2)16-8-13(15)9-17-14-3-4-14/h7-8,11,14,17H,3-6,9-10H2,1-2H3. The average Bonchev–Trinajstić information content (AvgIpc) is 3.09. The highest BCUT2D eigenvalue weighted by Crippen LogP contribution is 2.28. The lowest BCUT2D eigenvalue weighted by molar-refractivity contribution is 0.657. The minimum Gasteiger partial charge on any atom is -0.371 e. The van der Waals surface area contributed by atoms with Crippen molar-refractivity contribution in [1.29, 1.82) is 0 Å². The van der Waals surface area contributed by atoms with Gasteiger partial charge in [0.1, 0.15) is 0 Å². The fraction of sp³-hybridized carbons (Fsp3) is 0.667. The topological polar surface area (TPSA) is 28.2 Å². The molecule has 1 aromatic rings. The van der Waals surface area contributed by atoms with Crippen molar-refractivity contribution in [3.8, 4) is 0 Å². The van der Waals surface area contributed by atoms with Crippen LogP contribution in [-0.4, -0.2) is 24.1 Å². The van der Waals surface area contributed by atoms with E-state index in [2.05, 4.69) is 41.3 Å². The lowest BCUT2D eigenvalue weighted by Gasteiger charge is -2.22. The molecule has 3 rings (SSSR count). The lowest BCUT2D eigenvalue weighted by atomic mass is 10.1. The third-order valence-electron chi connectivity index (χ3n) is 4.02. The van der Waals surface area contributed by atoms with Gasteiger partial charge in [-0.2, -0.15) is 0 Å². The second kappa shape index (κ2) is 4.88. The van der Waals surface area contributed by atoms with Crippen LogP contribution in [0.2, 0.25) is 0 Å². The summed E-state index contributed by atoms with van der Waals surface area (Å²) in [5.74, 6) is 0.822. The zero-order valence-electron chi connectivity index (χ0n) is 11.4. The van der Waals surface area contributed by atoms with E-state index in [1.165, 1.54) is 43.6 Å². The van der Waals surface area contributed by atoms with Crippen molar-refractivity contribution < 1.29 is 0 Å². The predicted molar refractivity (Wildman–Crippen MR) is 74.8 cm³/mol. The molecule has 1 aliphatic carbocycles. The van der Waals surface area contributed by atoms with Gasteiger partial charge < -0.3 is 10.2 Å². The van der Waals surface area contributed by atoms with E-state index in [0.29, 0.717) is 0 Å². The summed E-state index contributed by atoms with van der Waals surface area (Å²) >= 11 is 0. The molecular weight excluding hydrogens is 222 g/mol. The third-order valence-corrected chi connectivity index (χ3v) is 4.02. The minimum atomic E-state index is 0.761. The quantitative estimate of drug-likeness (QED) is 0.883. The van der Waals surface area contributed by atoms with E-state index < -0.39 is 0 Å². The molecule has 1 aromatic heterocycles. The van der Waals surface area contributed by atoms with Crippen LogP contribution in [0.25, 0.3) is 0 Å². The summed E-state index contributed by atoms with van der Waals surface area (Å²) in [6.45, 7) is 7.79. The van der Waals surface area contributed by atoms with Gasteiger partial charge in [0.2, 0.25) is 0 Å². The molecule has 0 amide bonds. The first-order valence-electron chi connectivity index (χ1n) is 7.16. The first-order valence-corrected chi connectivity index (χ1v) is 7.16. The molecule has 2 fully saturated rings. The number of aromatic nitrogens is 1. The molecule has 98 valence electrons. The van der Waals surface area contributed by atoms with Gasteiger partial charge in [0.15, 0.2) is 0 Å². The summed E-state index contributed by atoms with van der Waals surface area (Å²) in [6, 6.07) is 3.01. The fourth-order valence-electron chi connectivity index (χ4n) is 2.70. The Balaban J connectivity index is 1.78. The largest absolute Gasteiger partial charge is 0.371 e. The number of hydrogen-bond acceptors (Lipinski definition) is 3. The van der Waals surface area contributed by atoms with E-state index in [4.69, 9.17) is 0 Å². The summed E-state index contributed by atoms with van der Waals surface area (Å²) in [7, 11) is 0. The maximum Gasteiger partial charge on any atom is 0.0445 e. The van der Waals surface area contributed by atoms with Crippen LogP contribution in [0.3, 0.4) is 0 Å². The van der Waals surface area contributed by atoms with Crippen LogP contribution in [0.1, 0.15) is 37.4 Å². The molecule has 2 aliphatic rings. The predicted octanol–water partition coefficient (Wildman–Crippen LogP) is 2.49. The molecule has 3 heteroatoms. The van der Waals surface area contributed by atoms with Crippen LogP contribution in [0.5, 0.6) is 0 Å². The summed E-state index contributed by atoms with van der Waals surface area (Å²) in [6.07, 6.45) is 6.06. The van der Waals surface area contributed by atoms with Gasteiger partial charge in [-0.3, -0.25) is 4.98 Å². The van der Waals surface area contributed by atoms with E-state index in [-0.39, 0.29) is 0 Å². The van der Waals surface area contributed by atoms with Gasteiger partial charge in [-0.25, -0.2) is 0 Å². The Morgan fingerprint density at radius 1 is 1.39 bits per heavy atom. The maximum absolute atomic E-state index is 4.46. The Labute approximate surface area is 110 Å². The number of aryl methyl sites for hydroxylation is 1. The van der Waals surface area contributed by atoms with Gasteiger partial charge in [-0.15, -0.1) is 0 Å². The summed E-state index contributed by atoms with van der Waals surface area (Å²) in [5, 5.41) is 3.60. The molecule has 0 bridgehead atoms. The van der Waals surface area contributed by atoms with Gasteiger partial charge in [-0.1, -0.05) is 6.92 Å². The number of nitrogens with one attached hydrogen (secondary N) is 1. The van der Waals surface area contributed by atoms with Crippen molar-refractivity contribution in [2.75, 3.05) is 18.0 Å². The molecule has 1 unspecified atom stereocenters. The van der Waals surface area contributed by atoms with Crippen molar-refractivity contribution in [2.24, 2.45) is 5.92 Å². The van der Waals surface area contributed by atoms with Gasteiger partial charge in [0, 0.05) is 48.8 Å². The molecule has 0 aromatic carbocycles. The monoisotopic (exact) mass is 245 g/mol. The molecular formula is C15H23N3. The van der Waals surface area contributed by atoms with Crippen molar-refractivity contribution in [3.05, 3.63) is 23.5 Å². The zero-order valence-corrected chi connectivity index (χ0v) is 11.4. The molecule has 0 radical (unpaired) electrons. The van der Waals surface area contributed by atoms with Crippen molar-refractivity contribution in [1.82, 2.24) is 10.3 Å². The van der Waals surface area contributed by atoms with E-state index in [1.54, 1.807) is 0 Å². The number of hydrogen-bond donors (Lipinski definition) is 1. The smallest absolute Gasteiger partial charge is 0.0445 e. The molecule has 1 saturated heterocycles. The molecule has 1 N–H and O–H groups in total. The number of nitrogens with zero attached hydrogens (tertiary/aromatic N) is 2. The van der Waals surface area contributed by atoms with Crippen LogP contribution >= 0.6 is 0 Å². The molecule has 0 spiro atoms. The maximum atomic E-state index is 4.46. The average molecular weight is 245 g/mol. The second-order valence-electron chi connectivity index (χ2n) is 5.95. The lowest BCUT2D eigenvalue weighted by Crippen LogP contribution is -2.23. The van der Waals surface area contributed by atoms with E-state index in [1.807, 2.05) is 0 Å². The second-order valence-corrected chi connectivity index (χ2v) is 5.95. The number of rotatable bonds is 4. The highest BCUT2D eigenvalue weighted by Gasteiger charge is 2.23. The molecule has 2 heterocycles. The first-order chi connectivity index (χ1) is 8.72. The summed E-state index contributed by atoms with van der Waals surface area (Å²) < 4.78 is 0. The van der Waals surface area contributed by atoms with Gasteiger partial charge in [0.25, 0.3) is 0 Å². The van der Waals surface area contributed by atoms with Crippen LogP contribution in [0.15, 0.2) is 12.3 Å². The number of pyridine rings is 1. The van der Waals surface area contributed by atoms with Crippen LogP contribution in [-0.2, 0) is 6.54 Å². The van der Waals surface area contributed by atoms with Gasteiger partial charge >= 0.3 is 0 Å². The molecule has 1 saturated carbocycles. The van der Waals surface area contributed by atoms with E-state index in [9.17, 15) is 0 Å². The van der Waals surface area contributed by atoms with Crippen molar-refractivity contribution >= 4 is 5.69 Å².